The van der Waals surface area contributed by atoms with Crippen LogP contribution in [0.15, 0.2) is 91.0 Å². The first kappa shape index (κ1) is 25.9. The first-order chi connectivity index (χ1) is 19.2. The molecule has 6 rings (SSSR count). The highest BCUT2D eigenvalue weighted by molar-refractivity contribution is 5.99. The molecule has 0 saturated heterocycles. The van der Waals surface area contributed by atoms with Crippen molar-refractivity contribution in [1.29, 1.82) is 0 Å². The Kier molecular flexibility index (Phi) is 6.46. The molecule has 1 aromatic heterocycles. The summed E-state index contributed by atoms with van der Waals surface area (Å²) in [6.07, 6.45) is 10.8. The van der Waals surface area contributed by atoms with Gasteiger partial charge >= 0.3 is 5.97 Å². The molecule has 3 atom stereocenters. The highest BCUT2D eigenvalue weighted by Crippen LogP contribution is 2.50. The summed E-state index contributed by atoms with van der Waals surface area (Å²) >= 11 is 0. The molecule has 0 bridgehead atoms. The van der Waals surface area contributed by atoms with Gasteiger partial charge in [-0.05, 0) is 84.5 Å². The van der Waals surface area contributed by atoms with Crippen molar-refractivity contribution in [2.75, 3.05) is 0 Å². The van der Waals surface area contributed by atoms with Crippen molar-refractivity contribution in [3.63, 3.8) is 0 Å². The second-order valence-corrected chi connectivity index (χ2v) is 11.5. The van der Waals surface area contributed by atoms with Crippen LogP contribution in [0.3, 0.4) is 0 Å². The zero-order valence-electron chi connectivity index (χ0n) is 23.1. The van der Waals surface area contributed by atoms with Gasteiger partial charge in [-0.1, -0.05) is 73.7 Å². The van der Waals surface area contributed by atoms with Crippen molar-refractivity contribution in [3.05, 3.63) is 119 Å². The number of aryl methyl sites for hydroxylation is 1. The molecule has 1 amide bonds. The summed E-state index contributed by atoms with van der Waals surface area (Å²) in [4.78, 5) is 24.8. The van der Waals surface area contributed by atoms with E-state index in [1.807, 2.05) is 36.4 Å². The minimum atomic E-state index is -0.928. The summed E-state index contributed by atoms with van der Waals surface area (Å²) in [5.74, 6) is -0.450. The van der Waals surface area contributed by atoms with E-state index < -0.39 is 5.97 Å². The molecule has 1 heterocycles. The van der Waals surface area contributed by atoms with Crippen molar-refractivity contribution in [3.8, 4) is 11.1 Å². The first-order valence-corrected chi connectivity index (χ1v) is 13.9. The molecule has 2 N–H and O–H groups in total. The number of hydrogen-bond donors (Lipinski definition) is 2. The number of aromatic nitrogens is 1. The molecule has 2 aliphatic carbocycles. The quantitative estimate of drug-likeness (QED) is 0.263. The Morgan fingerprint density at radius 2 is 1.80 bits per heavy atom. The maximum absolute atomic E-state index is 13.2. The van der Waals surface area contributed by atoms with Crippen LogP contribution in [0.2, 0.25) is 0 Å². The Hall–Kier alpha value is -4.38. The van der Waals surface area contributed by atoms with Crippen LogP contribution in [0, 0.1) is 25.2 Å². The van der Waals surface area contributed by atoms with E-state index in [0.29, 0.717) is 29.2 Å². The normalized spacial score (nSPS) is 21.5. The van der Waals surface area contributed by atoms with Crippen molar-refractivity contribution >= 4 is 22.8 Å². The second kappa shape index (κ2) is 9.98. The Labute approximate surface area is 234 Å². The van der Waals surface area contributed by atoms with Crippen molar-refractivity contribution < 1.29 is 14.7 Å². The molecule has 3 aromatic carbocycles. The van der Waals surface area contributed by atoms with Crippen LogP contribution in [-0.2, 0) is 6.54 Å². The predicted molar refractivity (Wildman–Crippen MR) is 160 cm³/mol. The lowest BCUT2D eigenvalue weighted by molar-refractivity contribution is 0.0697. The van der Waals surface area contributed by atoms with E-state index in [2.05, 4.69) is 73.2 Å². The third kappa shape index (κ3) is 4.66. The Morgan fingerprint density at radius 3 is 2.52 bits per heavy atom. The molecule has 3 unspecified atom stereocenters. The van der Waals surface area contributed by atoms with E-state index in [0.717, 1.165) is 34.9 Å². The number of carboxylic acids is 1. The fraction of sp³-hybridized carbons (Fsp3) is 0.257. The fourth-order valence-electron chi connectivity index (χ4n) is 6.24. The SMILES string of the molecule is Cc1c(C)n(Cc2ccc(-c3ccccc3C(=O)O)cc2)c2ccc(C(=O)NC3CC3C3(C)C=CC=CC3)cc12. The summed E-state index contributed by atoms with van der Waals surface area (Å²) in [6, 6.07) is 21.4. The molecule has 0 aliphatic heterocycles. The average Bonchev–Trinajstić information content (AvgIpc) is 3.71. The maximum Gasteiger partial charge on any atom is 0.336 e. The number of carbonyl (C=O) groups excluding carboxylic acids is 1. The molecule has 5 heteroatoms. The van der Waals surface area contributed by atoms with E-state index in [4.69, 9.17) is 0 Å². The lowest BCUT2D eigenvalue weighted by atomic mass is 9.79. The van der Waals surface area contributed by atoms with Gasteiger partial charge < -0.3 is 15.0 Å². The standard InChI is InChI=1S/C35H34N2O3/c1-22-23(2)37(21-24-11-13-25(14-12-24)27-9-5-6-10-28(27)34(39)40)32-16-15-26(19-29(22)32)33(38)36-31-20-30(31)35(3)17-7-4-8-18-35/h4-17,19,30-31H,18,20-21H2,1-3H3,(H,36,38)(H,39,40). The molecule has 40 heavy (non-hydrogen) atoms. The molecule has 0 spiro atoms. The van der Waals surface area contributed by atoms with Crippen LogP contribution in [0.25, 0.3) is 22.0 Å². The fourth-order valence-corrected chi connectivity index (χ4v) is 6.24. The Balaban J connectivity index is 1.20. The van der Waals surface area contributed by atoms with Gasteiger partial charge in [0.2, 0.25) is 0 Å². The van der Waals surface area contributed by atoms with Gasteiger partial charge in [-0.2, -0.15) is 0 Å². The number of carboxylic acid groups (broad SMARTS) is 1. The highest BCUT2D eigenvalue weighted by Gasteiger charge is 2.49. The van der Waals surface area contributed by atoms with E-state index in [-0.39, 0.29) is 17.4 Å². The number of amides is 1. The zero-order chi connectivity index (χ0) is 28.0. The number of carbonyl (C=O) groups is 2. The van der Waals surface area contributed by atoms with Crippen molar-refractivity contribution in [2.45, 2.75) is 46.2 Å². The number of benzene rings is 3. The van der Waals surface area contributed by atoms with Gasteiger partial charge in [0.15, 0.2) is 0 Å². The van der Waals surface area contributed by atoms with E-state index >= 15 is 0 Å². The number of hydrogen-bond acceptors (Lipinski definition) is 2. The van der Waals surface area contributed by atoms with Gasteiger partial charge in [0.1, 0.15) is 0 Å². The van der Waals surface area contributed by atoms with Crippen molar-refractivity contribution in [2.24, 2.45) is 11.3 Å². The van der Waals surface area contributed by atoms with Gasteiger partial charge in [0.25, 0.3) is 5.91 Å². The largest absolute Gasteiger partial charge is 0.478 e. The molecular formula is C35H34N2O3. The summed E-state index contributed by atoms with van der Waals surface area (Å²) < 4.78 is 2.28. The van der Waals surface area contributed by atoms with Gasteiger partial charge in [-0.3, -0.25) is 4.79 Å². The average molecular weight is 531 g/mol. The van der Waals surface area contributed by atoms with Crippen molar-refractivity contribution in [1.82, 2.24) is 9.88 Å². The molecule has 1 fully saturated rings. The Bertz CT molecular complexity index is 1690. The lowest BCUT2D eigenvalue weighted by Crippen LogP contribution is -2.30. The molecule has 1 saturated carbocycles. The zero-order valence-corrected chi connectivity index (χ0v) is 23.1. The van der Waals surface area contributed by atoms with Crippen LogP contribution in [0.1, 0.15) is 57.3 Å². The molecular weight excluding hydrogens is 496 g/mol. The predicted octanol–water partition coefficient (Wildman–Crippen LogP) is 7.31. The second-order valence-electron chi connectivity index (χ2n) is 11.5. The number of rotatable bonds is 7. The summed E-state index contributed by atoms with van der Waals surface area (Å²) in [5.41, 5.74) is 7.28. The molecule has 0 radical (unpaired) electrons. The first-order valence-electron chi connectivity index (χ1n) is 13.9. The number of nitrogens with zero attached hydrogens (tertiary/aromatic N) is 1. The minimum Gasteiger partial charge on any atom is -0.478 e. The number of aromatic carboxylic acids is 1. The van der Waals surface area contributed by atoms with Gasteiger partial charge in [-0.25, -0.2) is 4.79 Å². The third-order valence-electron chi connectivity index (χ3n) is 8.90. The number of fused-ring (bicyclic) bond motifs is 1. The van der Waals surface area contributed by atoms with E-state index in [1.165, 1.54) is 11.3 Å². The van der Waals surface area contributed by atoms with E-state index in [9.17, 15) is 14.7 Å². The molecule has 5 nitrogen and oxygen atoms in total. The summed E-state index contributed by atoms with van der Waals surface area (Å²) in [7, 11) is 0. The number of nitrogens with one attached hydrogen (secondary N) is 1. The monoisotopic (exact) mass is 530 g/mol. The third-order valence-corrected chi connectivity index (χ3v) is 8.90. The summed E-state index contributed by atoms with van der Waals surface area (Å²) in [5, 5.41) is 13.9. The van der Waals surface area contributed by atoms with Crippen LogP contribution in [0.4, 0.5) is 0 Å². The minimum absolute atomic E-state index is 0.00429. The molecule has 202 valence electrons. The van der Waals surface area contributed by atoms with Gasteiger partial charge in [0, 0.05) is 34.7 Å². The molecule has 4 aromatic rings. The maximum atomic E-state index is 13.2. The van der Waals surface area contributed by atoms with Crippen LogP contribution in [-0.4, -0.2) is 27.6 Å². The Morgan fingerprint density at radius 1 is 1.02 bits per heavy atom. The lowest BCUT2D eigenvalue weighted by Gasteiger charge is -2.27. The van der Waals surface area contributed by atoms with Gasteiger partial charge in [0.05, 0.1) is 5.56 Å². The van der Waals surface area contributed by atoms with Crippen LogP contribution in [0.5, 0.6) is 0 Å². The number of allylic oxidation sites excluding steroid dienone is 4. The van der Waals surface area contributed by atoms with E-state index in [1.54, 1.807) is 12.1 Å². The smallest absolute Gasteiger partial charge is 0.336 e. The molecule has 2 aliphatic rings. The van der Waals surface area contributed by atoms with Crippen LogP contribution < -0.4 is 5.32 Å². The topological polar surface area (TPSA) is 71.3 Å². The highest BCUT2D eigenvalue weighted by atomic mass is 16.4. The summed E-state index contributed by atoms with van der Waals surface area (Å²) in [6.45, 7) is 7.21. The van der Waals surface area contributed by atoms with Gasteiger partial charge in [-0.15, -0.1) is 0 Å². The van der Waals surface area contributed by atoms with Crippen LogP contribution >= 0.6 is 0 Å².